The largest absolute Gasteiger partial charge is 0.497 e. The van der Waals surface area contributed by atoms with Crippen molar-refractivity contribution in [2.45, 2.75) is 6.04 Å². The van der Waals surface area contributed by atoms with Gasteiger partial charge in [0.2, 0.25) is 0 Å². The molecule has 0 bridgehead atoms. The van der Waals surface area contributed by atoms with Crippen LogP contribution in [-0.2, 0) is 9.53 Å². The van der Waals surface area contributed by atoms with E-state index in [0.29, 0.717) is 23.6 Å². The molecular formula is C14H18FNO4. The summed E-state index contributed by atoms with van der Waals surface area (Å²) in [6, 6.07) is 5.35. The number of halogens is 1. The van der Waals surface area contributed by atoms with E-state index >= 15 is 0 Å². The quantitative estimate of drug-likeness (QED) is 0.851. The molecule has 1 aromatic carbocycles. The average Bonchev–Trinajstić information content (AvgIpc) is 2.95. The zero-order valence-electron chi connectivity index (χ0n) is 11.6. The molecule has 0 saturated carbocycles. The molecule has 0 saturated heterocycles. The van der Waals surface area contributed by atoms with Gasteiger partial charge in [-0.05, 0) is 17.7 Å². The fraction of sp³-hybridized carbons (Fsp3) is 0.357. The lowest BCUT2D eigenvalue weighted by atomic mass is 10.0. The minimum absolute atomic E-state index is 0. The molecule has 6 heteroatoms. The Bertz CT molecular complexity index is 494. The molecule has 1 aliphatic heterocycles. The smallest absolute Gasteiger partial charge is 0.335 e. The Morgan fingerprint density at radius 2 is 1.75 bits per heavy atom. The van der Waals surface area contributed by atoms with Gasteiger partial charge < -0.3 is 19.5 Å². The van der Waals surface area contributed by atoms with Gasteiger partial charge in [-0.25, -0.2) is 4.79 Å². The van der Waals surface area contributed by atoms with E-state index in [1.807, 2.05) is 18.2 Å². The fourth-order valence-electron chi connectivity index (χ4n) is 2.13. The Hall–Kier alpha value is -2.08. The highest BCUT2D eigenvalue weighted by molar-refractivity contribution is 5.90. The van der Waals surface area contributed by atoms with Crippen molar-refractivity contribution in [2.75, 3.05) is 27.9 Å². The Balaban J connectivity index is 0.00000200. The zero-order chi connectivity index (χ0) is 13.8. The van der Waals surface area contributed by atoms with Gasteiger partial charge in [0.05, 0.1) is 32.9 Å². The van der Waals surface area contributed by atoms with Gasteiger partial charge in [-0.15, -0.1) is 0 Å². The summed E-state index contributed by atoms with van der Waals surface area (Å²) in [5.41, 5.74) is 1.52. The van der Waals surface area contributed by atoms with E-state index in [9.17, 15) is 4.79 Å². The maximum atomic E-state index is 11.7. The zero-order valence-corrected chi connectivity index (χ0v) is 11.6. The summed E-state index contributed by atoms with van der Waals surface area (Å²) in [7, 11) is 4.57. The van der Waals surface area contributed by atoms with Crippen LogP contribution in [0.1, 0.15) is 11.6 Å². The minimum Gasteiger partial charge on any atom is -0.497 e. The van der Waals surface area contributed by atoms with Crippen molar-refractivity contribution in [1.29, 1.82) is 0 Å². The lowest BCUT2D eigenvalue weighted by Crippen LogP contribution is -2.20. The lowest BCUT2D eigenvalue weighted by molar-refractivity contribution is -0.136. The molecule has 0 radical (unpaired) electrons. The third kappa shape index (κ3) is 3.08. The molecule has 0 fully saturated rings. The number of benzene rings is 1. The molecule has 20 heavy (non-hydrogen) atoms. The van der Waals surface area contributed by atoms with Gasteiger partial charge in [0, 0.05) is 12.6 Å². The van der Waals surface area contributed by atoms with Gasteiger partial charge in [0.1, 0.15) is 11.5 Å². The molecule has 1 atom stereocenters. The predicted octanol–water partition coefficient (Wildman–Crippen LogP) is 1.60. The highest BCUT2D eigenvalue weighted by Gasteiger charge is 2.27. The first-order valence-electron chi connectivity index (χ1n) is 5.94. The van der Waals surface area contributed by atoms with Crippen molar-refractivity contribution in [3.05, 3.63) is 35.4 Å². The van der Waals surface area contributed by atoms with E-state index in [1.165, 1.54) is 7.11 Å². The first-order chi connectivity index (χ1) is 9.19. The molecule has 1 N–H and O–H groups in total. The number of rotatable bonds is 4. The van der Waals surface area contributed by atoms with Crippen LogP contribution in [-0.4, -0.2) is 33.8 Å². The molecule has 0 aliphatic carbocycles. The number of carbonyl (C=O) groups is 1. The molecule has 2 rings (SSSR count). The van der Waals surface area contributed by atoms with Gasteiger partial charge >= 0.3 is 5.97 Å². The first kappa shape index (κ1) is 16.0. The van der Waals surface area contributed by atoms with Crippen LogP contribution in [0.4, 0.5) is 4.70 Å². The number of carbonyl (C=O) groups excluding carboxylic acids is 1. The number of ether oxygens (including phenoxy) is 3. The summed E-state index contributed by atoms with van der Waals surface area (Å²) < 4.78 is 15.3. The van der Waals surface area contributed by atoms with Crippen LogP contribution in [0.25, 0.3) is 0 Å². The topological polar surface area (TPSA) is 56.8 Å². The van der Waals surface area contributed by atoms with E-state index in [2.05, 4.69) is 5.32 Å². The standard InChI is InChI=1S/C14H17NO4.FH/c1-17-10-6-9(7-11(8-10)18-2)13-12(4-5-15-13)14(16)19-3;/h4,6-8,13,15H,5H2,1-3H3;1H. The number of methoxy groups -OCH3 is 3. The van der Waals surface area contributed by atoms with Gasteiger partial charge in [0.15, 0.2) is 0 Å². The lowest BCUT2D eigenvalue weighted by Gasteiger charge is -2.16. The number of nitrogens with one attached hydrogen (secondary N) is 1. The summed E-state index contributed by atoms with van der Waals surface area (Å²) in [5, 5.41) is 3.24. The monoisotopic (exact) mass is 283 g/mol. The molecule has 1 aliphatic rings. The summed E-state index contributed by atoms with van der Waals surface area (Å²) in [6.07, 6.45) is 1.84. The Morgan fingerprint density at radius 3 is 2.25 bits per heavy atom. The van der Waals surface area contributed by atoms with Crippen LogP contribution in [0.2, 0.25) is 0 Å². The van der Waals surface area contributed by atoms with Crippen molar-refractivity contribution >= 4 is 5.97 Å². The van der Waals surface area contributed by atoms with E-state index in [-0.39, 0.29) is 16.7 Å². The van der Waals surface area contributed by atoms with Crippen molar-refractivity contribution < 1.29 is 23.7 Å². The predicted molar refractivity (Wildman–Crippen MR) is 72.9 cm³/mol. The van der Waals surface area contributed by atoms with Crippen LogP contribution < -0.4 is 14.8 Å². The van der Waals surface area contributed by atoms with Crippen molar-refractivity contribution in [3.8, 4) is 11.5 Å². The summed E-state index contributed by atoms with van der Waals surface area (Å²) in [5.74, 6) is 1.05. The third-order valence-electron chi connectivity index (χ3n) is 3.08. The summed E-state index contributed by atoms with van der Waals surface area (Å²) >= 11 is 0. The normalized spacial score (nSPS) is 16.9. The second-order valence-corrected chi connectivity index (χ2v) is 4.14. The Kier molecular flexibility index (Phi) is 5.52. The molecule has 1 unspecified atom stereocenters. The molecule has 5 nitrogen and oxygen atoms in total. The fourth-order valence-corrected chi connectivity index (χ4v) is 2.13. The third-order valence-corrected chi connectivity index (χ3v) is 3.08. The highest BCUT2D eigenvalue weighted by atomic mass is 19.0. The number of hydrogen-bond donors (Lipinski definition) is 1. The minimum atomic E-state index is -0.322. The van der Waals surface area contributed by atoms with Crippen LogP contribution in [0.5, 0.6) is 11.5 Å². The molecular weight excluding hydrogens is 265 g/mol. The molecule has 0 aromatic heterocycles. The SMILES string of the molecule is COC(=O)C1=CCNC1c1cc(OC)cc(OC)c1.F. The van der Waals surface area contributed by atoms with E-state index < -0.39 is 0 Å². The Morgan fingerprint density at radius 1 is 1.15 bits per heavy atom. The first-order valence-corrected chi connectivity index (χ1v) is 5.94. The molecule has 110 valence electrons. The van der Waals surface area contributed by atoms with Crippen molar-refractivity contribution in [2.24, 2.45) is 0 Å². The maximum Gasteiger partial charge on any atom is 0.335 e. The highest BCUT2D eigenvalue weighted by Crippen LogP contribution is 2.32. The van der Waals surface area contributed by atoms with Crippen molar-refractivity contribution in [1.82, 2.24) is 5.32 Å². The molecule has 0 spiro atoms. The average molecular weight is 283 g/mol. The van der Waals surface area contributed by atoms with Crippen LogP contribution in [0, 0.1) is 0 Å². The van der Waals surface area contributed by atoms with E-state index in [1.54, 1.807) is 20.3 Å². The van der Waals surface area contributed by atoms with E-state index in [4.69, 9.17) is 14.2 Å². The van der Waals surface area contributed by atoms with Crippen molar-refractivity contribution in [3.63, 3.8) is 0 Å². The van der Waals surface area contributed by atoms with Gasteiger partial charge in [-0.3, -0.25) is 4.70 Å². The second-order valence-electron chi connectivity index (χ2n) is 4.14. The van der Waals surface area contributed by atoms with Crippen LogP contribution in [0.3, 0.4) is 0 Å². The van der Waals surface area contributed by atoms with E-state index in [0.717, 1.165) is 5.56 Å². The summed E-state index contributed by atoms with van der Waals surface area (Å²) in [6.45, 7) is 0.634. The van der Waals surface area contributed by atoms with Gasteiger partial charge in [-0.2, -0.15) is 0 Å². The number of esters is 1. The number of hydrogen-bond acceptors (Lipinski definition) is 5. The second kappa shape index (κ2) is 6.91. The van der Waals surface area contributed by atoms with Crippen LogP contribution in [0.15, 0.2) is 29.8 Å². The van der Waals surface area contributed by atoms with Gasteiger partial charge in [-0.1, -0.05) is 6.08 Å². The Labute approximate surface area is 116 Å². The summed E-state index contributed by atoms with van der Waals surface area (Å²) in [4.78, 5) is 11.7. The van der Waals surface area contributed by atoms with Gasteiger partial charge in [0.25, 0.3) is 0 Å². The maximum absolute atomic E-state index is 11.7. The molecule has 1 aromatic rings. The molecule has 0 amide bonds. The van der Waals surface area contributed by atoms with Crippen LogP contribution >= 0.6 is 0 Å². The molecule has 1 heterocycles.